The Kier molecular flexibility index (Phi) is 6.66. The van der Waals surface area contributed by atoms with E-state index in [0.717, 1.165) is 21.3 Å². The molecule has 0 fully saturated rings. The first-order valence-electron chi connectivity index (χ1n) is 7.53. The summed E-state index contributed by atoms with van der Waals surface area (Å²) < 4.78 is 6.10. The number of aryl methyl sites for hydroxylation is 1. The summed E-state index contributed by atoms with van der Waals surface area (Å²) in [6, 6.07) is 11.4. The van der Waals surface area contributed by atoms with Crippen LogP contribution in [0.15, 0.2) is 40.9 Å². The minimum absolute atomic E-state index is 0.0199. The molecule has 0 bridgehead atoms. The van der Waals surface area contributed by atoms with Crippen molar-refractivity contribution >= 4 is 39.1 Å². The van der Waals surface area contributed by atoms with Crippen LogP contribution in [0.3, 0.4) is 0 Å². The molecule has 1 amide bonds. The number of halogens is 2. The zero-order valence-electron chi connectivity index (χ0n) is 13.8. The number of methoxy groups -OCH3 is 1. The van der Waals surface area contributed by atoms with E-state index in [0.29, 0.717) is 10.7 Å². The second-order valence-corrected chi connectivity index (χ2v) is 6.79. The summed E-state index contributed by atoms with van der Waals surface area (Å²) in [4.78, 5) is 12.1. The number of amides is 1. The van der Waals surface area contributed by atoms with Gasteiger partial charge in [0.05, 0.1) is 28.8 Å². The van der Waals surface area contributed by atoms with Gasteiger partial charge in [-0.25, -0.2) is 0 Å². The number of hydrogen-bond acceptors (Lipinski definition) is 3. The second kappa shape index (κ2) is 8.51. The van der Waals surface area contributed by atoms with Crippen molar-refractivity contribution in [3.05, 3.63) is 57.0 Å². The number of carbonyl (C=O) groups is 1. The van der Waals surface area contributed by atoms with Crippen molar-refractivity contribution in [2.75, 3.05) is 19.0 Å². The molecule has 2 aromatic carbocycles. The van der Waals surface area contributed by atoms with Crippen molar-refractivity contribution < 1.29 is 9.53 Å². The van der Waals surface area contributed by atoms with Gasteiger partial charge in [-0.05, 0) is 65.2 Å². The Morgan fingerprint density at radius 1 is 1.29 bits per heavy atom. The molecule has 0 heterocycles. The maximum atomic E-state index is 12.1. The number of nitrogens with one attached hydrogen (secondary N) is 2. The topological polar surface area (TPSA) is 50.4 Å². The summed E-state index contributed by atoms with van der Waals surface area (Å²) >= 11 is 9.59. The van der Waals surface area contributed by atoms with Crippen molar-refractivity contribution in [2.24, 2.45) is 0 Å². The highest BCUT2D eigenvalue weighted by Crippen LogP contribution is 2.28. The average Bonchev–Trinajstić information content (AvgIpc) is 2.55. The van der Waals surface area contributed by atoms with E-state index in [2.05, 4.69) is 26.6 Å². The van der Waals surface area contributed by atoms with Gasteiger partial charge in [0.15, 0.2) is 0 Å². The van der Waals surface area contributed by atoms with Gasteiger partial charge in [-0.1, -0.05) is 23.7 Å². The molecule has 0 aliphatic heterocycles. The van der Waals surface area contributed by atoms with Gasteiger partial charge in [0, 0.05) is 6.04 Å². The van der Waals surface area contributed by atoms with Gasteiger partial charge < -0.3 is 15.4 Å². The predicted molar refractivity (Wildman–Crippen MR) is 102 cm³/mol. The largest absolute Gasteiger partial charge is 0.496 e. The summed E-state index contributed by atoms with van der Waals surface area (Å²) in [7, 11) is 1.63. The Hall–Kier alpha value is -1.56. The Labute approximate surface area is 155 Å². The molecule has 1 atom stereocenters. The second-order valence-electron chi connectivity index (χ2n) is 5.53. The van der Waals surface area contributed by atoms with Gasteiger partial charge in [0.2, 0.25) is 5.91 Å². The first-order chi connectivity index (χ1) is 11.4. The van der Waals surface area contributed by atoms with Crippen molar-refractivity contribution in [1.29, 1.82) is 0 Å². The lowest BCUT2D eigenvalue weighted by molar-refractivity contribution is -0.115. The monoisotopic (exact) mass is 410 g/mol. The van der Waals surface area contributed by atoms with Crippen LogP contribution in [-0.2, 0) is 4.79 Å². The third-order valence-electron chi connectivity index (χ3n) is 3.64. The molecule has 0 saturated carbocycles. The zero-order chi connectivity index (χ0) is 17.7. The molecule has 1 unspecified atom stereocenters. The molecule has 0 radical (unpaired) electrons. The first kappa shape index (κ1) is 18.8. The van der Waals surface area contributed by atoms with Gasteiger partial charge in [-0.3, -0.25) is 4.79 Å². The lowest BCUT2D eigenvalue weighted by Gasteiger charge is -2.16. The molecule has 0 aliphatic carbocycles. The highest BCUT2D eigenvalue weighted by Gasteiger charge is 2.11. The van der Waals surface area contributed by atoms with Crippen LogP contribution in [0.1, 0.15) is 24.1 Å². The fourth-order valence-electron chi connectivity index (χ4n) is 2.23. The van der Waals surface area contributed by atoms with Gasteiger partial charge in [-0.2, -0.15) is 0 Å². The quantitative estimate of drug-likeness (QED) is 0.724. The molecule has 0 aromatic heterocycles. The molecular formula is C18H20BrClN2O2. The van der Waals surface area contributed by atoms with E-state index >= 15 is 0 Å². The summed E-state index contributed by atoms with van der Waals surface area (Å²) in [5.41, 5.74) is 2.73. The molecule has 0 spiro atoms. The minimum Gasteiger partial charge on any atom is -0.496 e. The normalized spacial score (nSPS) is 11.9. The molecule has 128 valence electrons. The molecule has 2 rings (SSSR count). The summed E-state index contributed by atoms with van der Waals surface area (Å²) in [6.07, 6.45) is 0. The predicted octanol–water partition coefficient (Wildman–Crippen LogP) is 4.71. The van der Waals surface area contributed by atoms with E-state index in [1.54, 1.807) is 13.2 Å². The average molecular weight is 412 g/mol. The number of ether oxygens (including phenoxy) is 1. The van der Waals surface area contributed by atoms with Crippen molar-refractivity contribution in [2.45, 2.75) is 19.9 Å². The van der Waals surface area contributed by atoms with Gasteiger partial charge in [0.25, 0.3) is 0 Å². The Morgan fingerprint density at radius 2 is 2.04 bits per heavy atom. The number of rotatable bonds is 6. The molecule has 0 aliphatic rings. The summed E-state index contributed by atoms with van der Waals surface area (Å²) in [5, 5.41) is 6.55. The molecule has 2 N–H and O–H groups in total. The smallest absolute Gasteiger partial charge is 0.238 e. The van der Waals surface area contributed by atoms with Gasteiger partial charge in [0.1, 0.15) is 5.75 Å². The highest BCUT2D eigenvalue weighted by molar-refractivity contribution is 9.10. The third kappa shape index (κ3) is 4.97. The van der Waals surface area contributed by atoms with E-state index in [4.69, 9.17) is 16.3 Å². The van der Waals surface area contributed by atoms with Crippen LogP contribution in [-0.4, -0.2) is 19.6 Å². The summed E-state index contributed by atoms with van der Waals surface area (Å²) in [6.45, 7) is 4.14. The maximum Gasteiger partial charge on any atom is 0.238 e. The zero-order valence-corrected chi connectivity index (χ0v) is 16.2. The van der Waals surface area contributed by atoms with Crippen LogP contribution in [0, 0.1) is 6.92 Å². The maximum absolute atomic E-state index is 12.1. The highest BCUT2D eigenvalue weighted by atomic mass is 79.9. The van der Waals surface area contributed by atoms with E-state index in [-0.39, 0.29) is 18.5 Å². The minimum atomic E-state index is -0.139. The summed E-state index contributed by atoms with van der Waals surface area (Å²) in [5.74, 6) is 0.637. The first-order valence-corrected chi connectivity index (χ1v) is 8.70. The van der Waals surface area contributed by atoms with Crippen LogP contribution < -0.4 is 15.4 Å². The lowest BCUT2D eigenvalue weighted by atomic mass is 10.1. The van der Waals surface area contributed by atoms with Gasteiger partial charge >= 0.3 is 0 Å². The van der Waals surface area contributed by atoms with Gasteiger partial charge in [-0.15, -0.1) is 0 Å². The molecule has 4 nitrogen and oxygen atoms in total. The number of benzene rings is 2. The van der Waals surface area contributed by atoms with Crippen LogP contribution in [0.4, 0.5) is 5.69 Å². The Morgan fingerprint density at radius 3 is 2.67 bits per heavy atom. The fraction of sp³-hybridized carbons (Fsp3) is 0.278. The van der Waals surface area contributed by atoms with Crippen LogP contribution in [0.25, 0.3) is 0 Å². The van der Waals surface area contributed by atoms with Crippen LogP contribution in [0.2, 0.25) is 5.02 Å². The van der Waals surface area contributed by atoms with E-state index in [1.165, 1.54) is 0 Å². The number of carbonyl (C=O) groups excluding carboxylic acids is 1. The Bertz CT molecular complexity index is 737. The SMILES string of the molecule is COc1ccc(C(C)NCC(=O)Nc2ccc(C)cc2Cl)cc1Br. The van der Waals surface area contributed by atoms with Crippen molar-refractivity contribution in [3.63, 3.8) is 0 Å². The molecule has 0 saturated heterocycles. The Balaban J connectivity index is 1.92. The van der Waals surface area contributed by atoms with E-state index in [1.807, 2.05) is 44.2 Å². The standard InChI is InChI=1S/C18H20BrClN2O2/c1-11-4-6-16(15(20)8-11)22-18(23)10-21-12(2)13-5-7-17(24-3)14(19)9-13/h4-9,12,21H,10H2,1-3H3,(H,22,23). The van der Waals surface area contributed by atoms with Crippen molar-refractivity contribution in [1.82, 2.24) is 5.32 Å². The number of anilines is 1. The van der Waals surface area contributed by atoms with Crippen LogP contribution >= 0.6 is 27.5 Å². The van der Waals surface area contributed by atoms with Crippen LogP contribution in [0.5, 0.6) is 5.75 Å². The third-order valence-corrected chi connectivity index (χ3v) is 4.58. The fourth-order valence-corrected chi connectivity index (χ4v) is 3.07. The molecular weight excluding hydrogens is 392 g/mol. The molecule has 24 heavy (non-hydrogen) atoms. The van der Waals surface area contributed by atoms with E-state index < -0.39 is 0 Å². The molecule has 2 aromatic rings. The number of hydrogen-bond donors (Lipinski definition) is 2. The lowest BCUT2D eigenvalue weighted by Crippen LogP contribution is -2.30. The van der Waals surface area contributed by atoms with Crippen molar-refractivity contribution in [3.8, 4) is 5.75 Å². The van der Waals surface area contributed by atoms with E-state index in [9.17, 15) is 4.79 Å². The molecule has 6 heteroatoms.